The number of aryl methyl sites for hydroxylation is 1. The van der Waals surface area contributed by atoms with Gasteiger partial charge < -0.3 is 10.2 Å². The van der Waals surface area contributed by atoms with Gasteiger partial charge in [0.25, 0.3) is 5.56 Å². The van der Waals surface area contributed by atoms with Gasteiger partial charge in [0, 0.05) is 32.1 Å². The average Bonchev–Trinajstić information content (AvgIpc) is 3.13. The molecule has 1 fully saturated rings. The fourth-order valence-electron chi connectivity index (χ4n) is 3.28. The maximum absolute atomic E-state index is 12.6. The number of para-hydroxylation sites is 1. The number of nitrogens with zero attached hydrogens (tertiary/aromatic N) is 3. The predicted molar refractivity (Wildman–Crippen MR) is 93.9 cm³/mol. The Hall–Kier alpha value is -2.21. The van der Waals surface area contributed by atoms with Crippen molar-refractivity contribution in [2.45, 2.75) is 38.8 Å². The van der Waals surface area contributed by atoms with Gasteiger partial charge in [-0.3, -0.25) is 14.2 Å². The van der Waals surface area contributed by atoms with Crippen molar-refractivity contribution in [1.82, 2.24) is 19.8 Å². The molecule has 6 nitrogen and oxygen atoms in total. The molecule has 0 aliphatic carbocycles. The molecule has 2 heterocycles. The van der Waals surface area contributed by atoms with Crippen LogP contribution in [0.3, 0.4) is 0 Å². The van der Waals surface area contributed by atoms with Crippen LogP contribution in [-0.4, -0.2) is 46.0 Å². The van der Waals surface area contributed by atoms with Crippen LogP contribution in [0.5, 0.6) is 0 Å². The van der Waals surface area contributed by atoms with Crippen LogP contribution in [0, 0.1) is 0 Å². The highest BCUT2D eigenvalue weighted by Crippen LogP contribution is 2.12. The molecule has 0 radical (unpaired) electrons. The van der Waals surface area contributed by atoms with Gasteiger partial charge in [-0.2, -0.15) is 0 Å². The van der Waals surface area contributed by atoms with E-state index in [1.807, 2.05) is 23.1 Å². The zero-order valence-electron chi connectivity index (χ0n) is 14.1. The molecular weight excluding hydrogens is 304 g/mol. The number of amides is 1. The highest BCUT2D eigenvalue weighted by atomic mass is 16.2. The number of hydrogen-bond acceptors (Lipinski definition) is 4. The van der Waals surface area contributed by atoms with Gasteiger partial charge in [-0.15, -0.1) is 0 Å². The number of hydrogen-bond donors (Lipinski definition) is 1. The summed E-state index contributed by atoms with van der Waals surface area (Å²) in [7, 11) is 0. The summed E-state index contributed by atoms with van der Waals surface area (Å²) in [6.45, 7) is 5.06. The summed E-state index contributed by atoms with van der Waals surface area (Å²) in [5, 5.41) is 3.91. The molecule has 128 valence electrons. The topological polar surface area (TPSA) is 67.2 Å². The highest BCUT2D eigenvalue weighted by molar-refractivity contribution is 5.77. The van der Waals surface area contributed by atoms with E-state index in [0.717, 1.165) is 32.5 Å². The van der Waals surface area contributed by atoms with E-state index in [1.54, 1.807) is 12.4 Å². The van der Waals surface area contributed by atoms with Crippen LogP contribution in [0.15, 0.2) is 35.4 Å². The van der Waals surface area contributed by atoms with Crippen LogP contribution in [0.4, 0.5) is 0 Å². The van der Waals surface area contributed by atoms with Crippen molar-refractivity contribution in [3.8, 4) is 0 Å². The van der Waals surface area contributed by atoms with Gasteiger partial charge in [-0.1, -0.05) is 19.1 Å². The zero-order chi connectivity index (χ0) is 16.9. The van der Waals surface area contributed by atoms with Crippen LogP contribution in [0.1, 0.15) is 26.2 Å². The van der Waals surface area contributed by atoms with Gasteiger partial charge >= 0.3 is 0 Å². The van der Waals surface area contributed by atoms with Gasteiger partial charge in [0.05, 0.1) is 17.2 Å². The number of carbonyl (C=O) groups excluding carboxylic acids is 1. The van der Waals surface area contributed by atoms with Crippen LogP contribution < -0.4 is 10.9 Å². The minimum Gasteiger partial charge on any atom is -0.338 e. The standard InChI is InChI=1S/C18H24N4O2/c1-2-10-22(14-7-9-19-12-14)17(23)8-11-21-13-20-16-6-4-3-5-15(16)18(21)24/h3-6,13-14,19H,2,7-12H2,1H3. The molecule has 1 aromatic heterocycles. The molecule has 1 aliphatic rings. The molecule has 1 atom stereocenters. The summed E-state index contributed by atoms with van der Waals surface area (Å²) in [5.74, 6) is 0.116. The second-order valence-electron chi connectivity index (χ2n) is 6.24. The Morgan fingerprint density at radius 3 is 3.00 bits per heavy atom. The van der Waals surface area contributed by atoms with Crippen LogP contribution in [0.2, 0.25) is 0 Å². The maximum Gasteiger partial charge on any atom is 0.261 e. The largest absolute Gasteiger partial charge is 0.338 e. The van der Waals surface area contributed by atoms with Crippen molar-refractivity contribution in [2.75, 3.05) is 19.6 Å². The van der Waals surface area contributed by atoms with Crippen LogP contribution in [-0.2, 0) is 11.3 Å². The van der Waals surface area contributed by atoms with E-state index in [9.17, 15) is 9.59 Å². The van der Waals surface area contributed by atoms with Crippen LogP contribution in [0.25, 0.3) is 10.9 Å². The Morgan fingerprint density at radius 2 is 2.25 bits per heavy atom. The summed E-state index contributed by atoms with van der Waals surface area (Å²) in [6, 6.07) is 7.57. The third-order valence-electron chi connectivity index (χ3n) is 4.56. The van der Waals surface area contributed by atoms with E-state index in [-0.39, 0.29) is 17.5 Å². The fourth-order valence-corrected chi connectivity index (χ4v) is 3.28. The molecule has 0 bridgehead atoms. The lowest BCUT2D eigenvalue weighted by atomic mass is 10.2. The average molecular weight is 328 g/mol. The molecular formula is C18H24N4O2. The molecule has 1 N–H and O–H groups in total. The molecule has 3 rings (SSSR count). The van der Waals surface area contributed by atoms with Crippen molar-refractivity contribution in [3.63, 3.8) is 0 Å². The lowest BCUT2D eigenvalue weighted by Crippen LogP contribution is -2.42. The summed E-state index contributed by atoms with van der Waals surface area (Å²) >= 11 is 0. The molecule has 6 heteroatoms. The molecule has 0 spiro atoms. The first-order chi connectivity index (χ1) is 11.7. The summed E-state index contributed by atoms with van der Waals surface area (Å²) in [4.78, 5) is 31.4. The summed E-state index contributed by atoms with van der Waals surface area (Å²) < 4.78 is 1.54. The molecule has 24 heavy (non-hydrogen) atoms. The van der Waals surface area contributed by atoms with Crippen molar-refractivity contribution < 1.29 is 4.79 Å². The lowest BCUT2D eigenvalue weighted by Gasteiger charge is -2.28. The van der Waals surface area contributed by atoms with E-state index >= 15 is 0 Å². The molecule has 1 saturated heterocycles. The number of fused-ring (bicyclic) bond motifs is 1. The number of carbonyl (C=O) groups is 1. The third kappa shape index (κ3) is 3.48. The van der Waals surface area contributed by atoms with Crippen molar-refractivity contribution in [2.24, 2.45) is 0 Å². The Labute approximate surface area is 141 Å². The normalized spacial score (nSPS) is 17.3. The van der Waals surface area contributed by atoms with Gasteiger partial charge in [0.15, 0.2) is 0 Å². The molecule has 2 aromatic rings. The Balaban J connectivity index is 1.71. The van der Waals surface area contributed by atoms with E-state index < -0.39 is 0 Å². The monoisotopic (exact) mass is 328 g/mol. The lowest BCUT2D eigenvalue weighted by molar-refractivity contribution is -0.133. The molecule has 0 saturated carbocycles. The quantitative estimate of drug-likeness (QED) is 0.870. The molecule has 1 aromatic carbocycles. The van der Waals surface area contributed by atoms with Crippen molar-refractivity contribution in [1.29, 1.82) is 0 Å². The van der Waals surface area contributed by atoms with E-state index in [2.05, 4.69) is 17.2 Å². The first-order valence-electron chi connectivity index (χ1n) is 8.65. The van der Waals surface area contributed by atoms with Gasteiger partial charge in [0.1, 0.15) is 0 Å². The van der Waals surface area contributed by atoms with Crippen molar-refractivity contribution >= 4 is 16.8 Å². The third-order valence-corrected chi connectivity index (χ3v) is 4.56. The van der Waals surface area contributed by atoms with E-state index in [1.165, 1.54) is 4.57 Å². The Kier molecular flexibility index (Phi) is 5.25. The second-order valence-corrected chi connectivity index (χ2v) is 6.24. The van der Waals surface area contributed by atoms with Crippen molar-refractivity contribution in [3.05, 3.63) is 40.9 Å². The Morgan fingerprint density at radius 1 is 1.42 bits per heavy atom. The van der Waals surface area contributed by atoms with Gasteiger partial charge in [-0.05, 0) is 31.5 Å². The van der Waals surface area contributed by atoms with Gasteiger partial charge in [0.2, 0.25) is 5.91 Å². The predicted octanol–water partition coefficient (Wildman–Crippen LogP) is 1.39. The molecule has 1 amide bonds. The highest BCUT2D eigenvalue weighted by Gasteiger charge is 2.25. The summed E-state index contributed by atoms with van der Waals surface area (Å²) in [5.41, 5.74) is 0.604. The van der Waals surface area contributed by atoms with E-state index in [4.69, 9.17) is 0 Å². The zero-order valence-corrected chi connectivity index (χ0v) is 14.1. The fraction of sp³-hybridized carbons (Fsp3) is 0.500. The molecule has 1 unspecified atom stereocenters. The maximum atomic E-state index is 12.6. The molecule has 1 aliphatic heterocycles. The first-order valence-corrected chi connectivity index (χ1v) is 8.65. The van der Waals surface area contributed by atoms with E-state index in [0.29, 0.717) is 23.9 Å². The Bertz CT molecular complexity index is 765. The minimum atomic E-state index is -0.0852. The first kappa shape index (κ1) is 16.6. The smallest absolute Gasteiger partial charge is 0.261 e. The number of rotatable bonds is 6. The second kappa shape index (κ2) is 7.57. The number of benzene rings is 1. The summed E-state index contributed by atoms with van der Waals surface area (Å²) in [6.07, 6.45) is 3.82. The minimum absolute atomic E-state index is 0.0852. The van der Waals surface area contributed by atoms with Crippen LogP contribution >= 0.6 is 0 Å². The number of nitrogens with one attached hydrogen (secondary N) is 1. The van der Waals surface area contributed by atoms with Gasteiger partial charge in [-0.25, -0.2) is 4.98 Å². The number of aromatic nitrogens is 2. The SMILES string of the molecule is CCCN(C(=O)CCn1cnc2ccccc2c1=O)C1CCNC1.